The first-order chi connectivity index (χ1) is 17.0. The summed E-state index contributed by atoms with van der Waals surface area (Å²) in [5, 5.41) is 23.4. The summed E-state index contributed by atoms with van der Waals surface area (Å²) in [5.41, 5.74) is 5.05. The normalized spacial score (nSPS) is 10.8. The van der Waals surface area contributed by atoms with Crippen LogP contribution < -0.4 is 16.0 Å². The molecule has 0 spiro atoms. The van der Waals surface area contributed by atoms with E-state index in [2.05, 4.69) is 16.0 Å². The molecule has 0 saturated heterocycles. The van der Waals surface area contributed by atoms with Crippen LogP contribution >= 0.6 is 23.8 Å². The lowest BCUT2D eigenvalue weighted by molar-refractivity contribution is -0.384. The summed E-state index contributed by atoms with van der Waals surface area (Å²) in [5.74, 6) is 0. The van der Waals surface area contributed by atoms with E-state index in [4.69, 9.17) is 28.8 Å². The lowest BCUT2D eigenvalue weighted by Gasteiger charge is -2.15. The zero-order chi connectivity index (χ0) is 24.4. The summed E-state index contributed by atoms with van der Waals surface area (Å²) >= 11 is 11.6. The Hall–Kier alpha value is -4.27. The largest absolute Gasteiger partial charge is 0.354 e. The molecular formula is C26H18ClN5O2S. The molecule has 5 rings (SSSR count). The van der Waals surface area contributed by atoms with Gasteiger partial charge in [0.2, 0.25) is 0 Å². The molecule has 0 radical (unpaired) electrons. The van der Waals surface area contributed by atoms with Crippen molar-refractivity contribution >= 4 is 79.2 Å². The molecule has 7 nitrogen and oxygen atoms in total. The van der Waals surface area contributed by atoms with Gasteiger partial charge in [-0.05, 0) is 72.9 Å². The van der Waals surface area contributed by atoms with Gasteiger partial charge in [0.05, 0.1) is 21.6 Å². The molecule has 0 atom stereocenters. The first-order valence-corrected chi connectivity index (χ1v) is 11.4. The minimum absolute atomic E-state index is 0.0227. The van der Waals surface area contributed by atoms with Crippen molar-refractivity contribution in [2.45, 2.75) is 0 Å². The quantitative estimate of drug-likeness (QED) is 0.0997. The van der Waals surface area contributed by atoms with Gasteiger partial charge in [-0.15, -0.1) is 0 Å². The summed E-state index contributed by atoms with van der Waals surface area (Å²) in [6, 6.07) is 27.4. The number of thiocarbonyl (C=S) groups is 1. The van der Waals surface area contributed by atoms with Crippen LogP contribution in [0.15, 0.2) is 91.0 Å². The molecule has 3 N–H and O–H groups in total. The van der Waals surface area contributed by atoms with Gasteiger partial charge < -0.3 is 16.0 Å². The summed E-state index contributed by atoms with van der Waals surface area (Å²) in [6.45, 7) is 0. The number of anilines is 4. The van der Waals surface area contributed by atoms with Crippen LogP contribution in [-0.2, 0) is 0 Å². The Bertz CT molecular complexity index is 1570. The Morgan fingerprint density at radius 2 is 1.40 bits per heavy atom. The molecule has 172 valence electrons. The van der Waals surface area contributed by atoms with E-state index < -0.39 is 4.92 Å². The second-order valence-corrected chi connectivity index (χ2v) is 8.60. The number of para-hydroxylation sites is 1. The predicted octanol–water partition coefficient (Wildman–Crippen LogP) is 7.50. The van der Waals surface area contributed by atoms with E-state index in [1.165, 1.54) is 12.1 Å². The van der Waals surface area contributed by atoms with E-state index in [1.54, 1.807) is 12.1 Å². The number of rotatable bonds is 5. The van der Waals surface area contributed by atoms with E-state index in [-0.39, 0.29) is 5.69 Å². The topological polar surface area (TPSA) is 92.1 Å². The van der Waals surface area contributed by atoms with Gasteiger partial charge in [-0.25, -0.2) is 4.98 Å². The molecule has 0 aliphatic heterocycles. The molecule has 0 fully saturated rings. The van der Waals surface area contributed by atoms with E-state index in [1.807, 2.05) is 66.7 Å². The van der Waals surface area contributed by atoms with Crippen molar-refractivity contribution < 1.29 is 4.92 Å². The predicted molar refractivity (Wildman–Crippen MR) is 147 cm³/mol. The summed E-state index contributed by atoms with van der Waals surface area (Å²) in [6.07, 6.45) is 0. The number of pyridine rings is 1. The van der Waals surface area contributed by atoms with Gasteiger partial charge in [0.25, 0.3) is 5.69 Å². The fourth-order valence-electron chi connectivity index (χ4n) is 3.74. The van der Waals surface area contributed by atoms with Crippen LogP contribution in [0.4, 0.5) is 28.4 Å². The van der Waals surface area contributed by atoms with Crippen molar-refractivity contribution in [3.05, 3.63) is 106 Å². The number of hydrogen-bond donors (Lipinski definition) is 3. The molecule has 4 aromatic carbocycles. The average molecular weight is 500 g/mol. The molecular weight excluding hydrogens is 482 g/mol. The van der Waals surface area contributed by atoms with Crippen LogP contribution in [0.25, 0.3) is 21.8 Å². The molecule has 0 amide bonds. The Morgan fingerprint density at radius 3 is 2.09 bits per heavy atom. The molecule has 5 aromatic rings. The molecule has 1 heterocycles. The van der Waals surface area contributed by atoms with Crippen LogP contribution in [0.2, 0.25) is 5.02 Å². The lowest BCUT2D eigenvalue weighted by Crippen LogP contribution is -2.18. The fraction of sp³-hybridized carbons (Fsp3) is 0. The zero-order valence-electron chi connectivity index (χ0n) is 18.2. The van der Waals surface area contributed by atoms with Gasteiger partial charge in [0.15, 0.2) is 5.11 Å². The fourth-order valence-corrected chi connectivity index (χ4v) is 4.15. The number of nitrogens with zero attached hydrogens (tertiary/aromatic N) is 2. The van der Waals surface area contributed by atoms with Gasteiger partial charge in [0.1, 0.15) is 0 Å². The highest BCUT2D eigenvalue weighted by atomic mass is 35.5. The molecule has 0 saturated carbocycles. The second-order valence-electron chi connectivity index (χ2n) is 7.75. The first-order valence-electron chi connectivity index (χ1n) is 10.6. The van der Waals surface area contributed by atoms with Crippen molar-refractivity contribution in [1.29, 1.82) is 0 Å². The van der Waals surface area contributed by atoms with Crippen LogP contribution in [0.1, 0.15) is 0 Å². The maximum Gasteiger partial charge on any atom is 0.269 e. The molecule has 0 bridgehead atoms. The van der Waals surface area contributed by atoms with E-state index in [0.29, 0.717) is 15.8 Å². The summed E-state index contributed by atoms with van der Waals surface area (Å²) in [7, 11) is 0. The average Bonchev–Trinajstić information content (AvgIpc) is 2.85. The van der Waals surface area contributed by atoms with Crippen LogP contribution in [-0.4, -0.2) is 15.0 Å². The summed E-state index contributed by atoms with van der Waals surface area (Å²) in [4.78, 5) is 15.1. The van der Waals surface area contributed by atoms with Crippen LogP contribution in [0, 0.1) is 10.1 Å². The maximum absolute atomic E-state index is 10.8. The third-order valence-corrected chi connectivity index (χ3v) is 5.83. The van der Waals surface area contributed by atoms with Gasteiger partial charge in [0, 0.05) is 45.0 Å². The number of halogens is 1. The van der Waals surface area contributed by atoms with Crippen molar-refractivity contribution in [3.8, 4) is 0 Å². The first kappa shape index (κ1) is 22.5. The number of hydrogen-bond acceptors (Lipinski definition) is 5. The Labute approximate surface area is 210 Å². The van der Waals surface area contributed by atoms with E-state index in [9.17, 15) is 10.1 Å². The lowest BCUT2D eigenvalue weighted by atomic mass is 10.1. The molecule has 35 heavy (non-hydrogen) atoms. The molecule has 0 aliphatic rings. The highest BCUT2D eigenvalue weighted by Gasteiger charge is 2.10. The van der Waals surface area contributed by atoms with Gasteiger partial charge in [-0.1, -0.05) is 29.8 Å². The zero-order valence-corrected chi connectivity index (χ0v) is 19.7. The van der Waals surface area contributed by atoms with Crippen LogP contribution in [0.3, 0.4) is 0 Å². The molecule has 1 aromatic heterocycles. The van der Waals surface area contributed by atoms with Crippen molar-refractivity contribution in [2.24, 2.45) is 0 Å². The highest BCUT2D eigenvalue weighted by Crippen LogP contribution is 2.34. The van der Waals surface area contributed by atoms with E-state index in [0.717, 1.165) is 38.9 Å². The minimum Gasteiger partial charge on any atom is -0.354 e. The number of non-ortho nitro benzene ring substituents is 1. The third-order valence-electron chi connectivity index (χ3n) is 5.39. The van der Waals surface area contributed by atoms with Gasteiger partial charge in [-0.3, -0.25) is 10.1 Å². The van der Waals surface area contributed by atoms with Crippen molar-refractivity contribution in [1.82, 2.24) is 4.98 Å². The van der Waals surface area contributed by atoms with Crippen molar-refractivity contribution in [3.63, 3.8) is 0 Å². The number of nitro groups is 1. The van der Waals surface area contributed by atoms with Gasteiger partial charge in [-0.2, -0.15) is 0 Å². The Kier molecular flexibility index (Phi) is 6.13. The molecule has 0 aliphatic carbocycles. The summed E-state index contributed by atoms with van der Waals surface area (Å²) < 4.78 is 0. The molecule has 0 unspecified atom stereocenters. The minimum atomic E-state index is -0.442. The number of benzene rings is 4. The second kappa shape index (κ2) is 9.54. The third kappa shape index (κ3) is 4.98. The maximum atomic E-state index is 10.8. The monoisotopic (exact) mass is 499 g/mol. The SMILES string of the molecule is O=[N+]([O-])c1ccc(NC(=S)Nc2ccc(Nc3c4ccccc4nc4ccc(Cl)cc34)cc2)cc1. The van der Waals surface area contributed by atoms with Crippen molar-refractivity contribution in [2.75, 3.05) is 16.0 Å². The standard InChI is InChI=1S/C26H18ClN5O2S/c27-16-5-14-24-22(15-16)25(21-3-1-2-4-23(21)31-24)28-17-6-8-18(9-7-17)29-26(35)30-19-10-12-20(13-11-19)32(33)34/h1-15H,(H,28,31)(H2,29,30,35). The van der Waals surface area contributed by atoms with Gasteiger partial charge >= 0.3 is 0 Å². The van der Waals surface area contributed by atoms with Crippen LogP contribution in [0.5, 0.6) is 0 Å². The highest BCUT2D eigenvalue weighted by molar-refractivity contribution is 7.80. The number of fused-ring (bicyclic) bond motifs is 2. The number of aromatic nitrogens is 1. The number of nitro benzene ring substituents is 1. The smallest absolute Gasteiger partial charge is 0.269 e. The Morgan fingerprint density at radius 1 is 0.800 bits per heavy atom. The Balaban J connectivity index is 1.34. The number of nitrogens with one attached hydrogen (secondary N) is 3. The molecule has 9 heteroatoms. The van der Waals surface area contributed by atoms with E-state index >= 15 is 0 Å².